The summed E-state index contributed by atoms with van der Waals surface area (Å²) in [6.45, 7) is 0. The predicted octanol–water partition coefficient (Wildman–Crippen LogP) is 2.34. The first-order valence-electron chi connectivity index (χ1n) is 5.68. The van der Waals surface area contributed by atoms with Gasteiger partial charge in [-0.3, -0.25) is 0 Å². The highest BCUT2D eigenvalue weighted by Gasteiger charge is 2.05. The van der Waals surface area contributed by atoms with Crippen LogP contribution in [0.15, 0.2) is 48.8 Å². The molecular weight excluding hydrogens is 242 g/mol. The second-order valence-corrected chi connectivity index (χ2v) is 3.88. The summed E-state index contributed by atoms with van der Waals surface area (Å²) in [6.07, 6.45) is 5.68. The van der Waals surface area contributed by atoms with Gasteiger partial charge in [-0.25, -0.2) is 14.8 Å². The SMILES string of the molecule is CN(c1ccccc1)c1ncc(/C=C/C(=O)O)cn1. The van der Waals surface area contributed by atoms with Gasteiger partial charge in [-0.1, -0.05) is 18.2 Å². The highest BCUT2D eigenvalue weighted by atomic mass is 16.4. The van der Waals surface area contributed by atoms with Gasteiger partial charge in [0.2, 0.25) is 5.95 Å². The smallest absolute Gasteiger partial charge is 0.328 e. The van der Waals surface area contributed by atoms with Gasteiger partial charge in [0.1, 0.15) is 0 Å². The molecule has 96 valence electrons. The minimum atomic E-state index is -0.995. The molecule has 1 N–H and O–H groups in total. The molecule has 0 saturated heterocycles. The number of anilines is 2. The average molecular weight is 255 g/mol. The number of carboxylic acids is 1. The Morgan fingerprint density at radius 1 is 1.21 bits per heavy atom. The summed E-state index contributed by atoms with van der Waals surface area (Å²) in [6, 6.07) is 9.74. The highest BCUT2D eigenvalue weighted by Crippen LogP contribution is 2.18. The quantitative estimate of drug-likeness (QED) is 0.849. The van der Waals surface area contributed by atoms with E-state index in [2.05, 4.69) is 9.97 Å². The van der Waals surface area contributed by atoms with E-state index in [9.17, 15) is 4.79 Å². The highest BCUT2D eigenvalue weighted by molar-refractivity contribution is 5.85. The monoisotopic (exact) mass is 255 g/mol. The number of carboxylic acid groups (broad SMARTS) is 1. The van der Waals surface area contributed by atoms with Crippen LogP contribution in [0.3, 0.4) is 0 Å². The topological polar surface area (TPSA) is 66.3 Å². The van der Waals surface area contributed by atoms with E-state index in [1.807, 2.05) is 42.3 Å². The van der Waals surface area contributed by atoms with Gasteiger partial charge in [0, 0.05) is 36.8 Å². The molecule has 0 amide bonds. The number of aromatic nitrogens is 2. The summed E-state index contributed by atoms with van der Waals surface area (Å²) in [5.41, 5.74) is 1.63. The fourth-order valence-corrected chi connectivity index (χ4v) is 1.53. The second-order valence-electron chi connectivity index (χ2n) is 3.88. The van der Waals surface area contributed by atoms with E-state index in [1.165, 1.54) is 6.08 Å². The van der Waals surface area contributed by atoms with Gasteiger partial charge < -0.3 is 10.0 Å². The van der Waals surface area contributed by atoms with Crippen LogP contribution >= 0.6 is 0 Å². The summed E-state index contributed by atoms with van der Waals surface area (Å²) < 4.78 is 0. The number of hydrogen-bond donors (Lipinski definition) is 1. The van der Waals surface area contributed by atoms with E-state index in [1.54, 1.807) is 12.4 Å². The Morgan fingerprint density at radius 3 is 2.42 bits per heavy atom. The number of nitrogens with zero attached hydrogens (tertiary/aromatic N) is 3. The van der Waals surface area contributed by atoms with Gasteiger partial charge in [0.05, 0.1) is 0 Å². The van der Waals surface area contributed by atoms with Gasteiger partial charge >= 0.3 is 5.97 Å². The third kappa shape index (κ3) is 3.38. The first-order chi connectivity index (χ1) is 9.16. The molecule has 0 fully saturated rings. The van der Waals surface area contributed by atoms with Crippen molar-refractivity contribution in [3.8, 4) is 0 Å². The van der Waals surface area contributed by atoms with Crippen LogP contribution in [-0.2, 0) is 4.79 Å². The molecule has 19 heavy (non-hydrogen) atoms. The lowest BCUT2D eigenvalue weighted by Gasteiger charge is -2.16. The molecule has 0 radical (unpaired) electrons. The molecule has 1 aromatic carbocycles. The summed E-state index contributed by atoms with van der Waals surface area (Å²) >= 11 is 0. The first kappa shape index (κ1) is 12.8. The van der Waals surface area contributed by atoms with Crippen LogP contribution in [0, 0.1) is 0 Å². The van der Waals surface area contributed by atoms with E-state index in [4.69, 9.17) is 5.11 Å². The normalized spacial score (nSPS) is 10.6. The Hall–Kier alpha value is -2.69. The Balaban J connectivity index is 2.16. The Morgan fingerprint density at radius 2 is 1.84 bits per heavy atom. The molecule has 5 nitrogen and oxygen atoms in total. The zero-order chi connectivity index (χ0) is 13.7. The Kier molecular flexibility index (Phi) is 3.87. The van der Waals surface area contributed by atoms with Gasteiger partial charge in [0.15, 0.2) is 0 Å². The zero-order valence-corrected chi connectivity index (χ0v) is 10.4. The Labute approximate surface area is 110 Å². The second kappa shape index (κ2) is 5.77. The fourth-order valence-electron chi connectivity index (χ4n) is 1.53. The van der Waals surface area contributed by atoms with Gasteiger partial charge in [-0.2, -0.15) is 0 Å². The first-order valence-corrected chi connectivity index (χ1v) is 5.68. The maximum Gasteiger partial charge on any atom is 0.328 e. The van der Waals surface area contributed by atoms with Crippen molar-refractivity contribution in [3.05, 3.63) is 54.4 Å². The van der Waals surface area contributed by atoms with E-state index < -0.39 is 5.97 Å². The Bertz CT molecular complexity index is 579. The van der Waals surface area contributed by atoms with E-state index in [0.29, 0.717) is 11.5 Å². The van der Waals surface area contributed by atoms with Crippen LogP contribution in [0.2, 0.25) is 0 Å². The van der Waals surface area contributed by atoms with E-state index >= 15 is 0 Å². The average Bonchev–Trinajstić information content (AvgIpc) is 2.46. The number of hydrogen-bond acceptors (Lipinski definition) is 4. The molecule has 0 atom stereocenters. The summed E-state index contributed by atoms with van der Waals surface area (Å²) in [5, 5.41) is 8.53. The number of para-hydroxylation sites is 1. The molecule has 0 aliphatic carbocycles. The largest absolute Gasteiger partial charge is 0.478 e. The summed E-state index contributed by atoms with van der Waals surface area (Å²) in [7, 11) is 1.87. The minimum Gasteiger partial charge on any atom is -0.478 e. The number of rotatable bonds is 4. The molecule has 0 unspecified atom stereocenters. The van der Waals surface area contributed by atoms with Crippen molar-refractivity contribution in [2.75, 3.05) is 11.9 Å². The third-order valence-corrected chi connectivity index (χ3v) is 2.52. The molecule has 0 aliphatic heterocycles. The molecule has 2 rings (SSSR count). The van der Waals surface area contributed by atoms with Crippen LogP contribution in [-0.4, -0.2) is 28.1 Å². The summed E-state index contributed by atoms with van der Waals surface area (Å²) in [5.74, 6) is -0.441. The lowest BCUT2D eigenvalue weighted by molar-refractivity contribution is -0.131. The molecule has 0 aliphatic rings. The van der Waals surface area contributed by atoms with Crippen molar-refractivity contribution in [1.82, 2.24) is 9.97 Å². The van der Waals surface area contributed by atoms with Crippen molar-refractivity contribution >= 4 is 23.7 Å². The van der Waals surface area contributed by atoms with Crippen molar-refractivity contribution in [3.63, 3.8) is 0 Å². The molecule has 2 aromatic rings. The van der Waals surface area contributed by atoms with Crippen LogP contribution in [0.1, 0.15) is 5.56 Å². The minimum absolute atomic E-state index is 0.554. The van der Waals surface area contributed by atoms with E-state index in [0.717, 1.165) is 11.8 Å². The van der Waals surface area contributed by atoms with Crippen molar-refractivity contribution in [1.29, 1.82) is 0 Å². The van der Waals surface area contributed by atoms with Crippen LogP contribution < -0.4 is 4.90 Å². The number of carbonyl (C=O) groups is 1. The standard InChI is InChI=1S/C14H13N3O2/c1-17(12-5-3-2-4-6-12)14-15-9-11(10-16-14)7-8-13(18)19/h2-10H,1H3,(H,18,19)/b8-7+. The predicted molar refractivity (Wildman–Crippen MR) is 73.2 cm³/mol. The van der Waals surface area contributed by atoms with Crippen LogP contribution in [0.25, 0.3) is 6.08 Å². The fraction of sp³-hybridized carbons (Fsp3) is 0.0714. The molecule has 1 aromatic heterocycles. The molecule has 0 bridgehead atoms. The van der Waals surface area contributed by atoms with Crippen molar-refractivity contribution < 1.29 is 9.90 Å². The van der Waals surface area contributed by atoms with Gasteiger partial charge in [-0.15, -0.1) is 0 Å². The zero-order valence-electron chi connectivity index (χ0n) is 10.4. The van der Waals surface area contributed by atoms with Crippen molar-refractivity contribution in [2.45, 2.75) is 0 Å². The lowest BCUT2D eigenvalue weighted by Crippen LogP contribution is -2.12. The van der Waals surface area contributed by atoms with Gasteiger partial charge in [-0.05, 0) is 18.2 Å². The van der Waals surface area contributed by atoms with Gasteiger partial charge in [0.25, 0.3) is 0 Å². The third-order valence-electron chi connectivity index (χ3n) is 2.52. The lowest BCUT2D eigenvalue weighted by atomic mass is 10.3. The van der Waals surface area contributed by atoms with Crippen LogP contribution in [0.4, 0.5) is 11.6 Å². The maximum atomic E-state index is 10.4. The molecule has 5 heteroatoms. The molecule has 1 heterocycles. The van der Waals surface area contributed by atoms with Crippen LogP contribution in [0.5, 0.6) is 0 Å². The molecule has 0 spiro atoms. The summed E-state index contributed by atoms with van der Waals surface area (Å²) in [4.78, 5) is 20.7. The molecular formula is C14H13N3O2. The maximum absolute atomic E-state index is 10.4. The number of benzene rings is 1. The van der Waals surface area contributed by atoms with E-state index in [-0.39, 0.29) is 0 Å². The molecule has 0 saturated carbocycles. The van der Waals surface area contributed by atoms with Crippen molar-refractivity contribution in [2.24, 2.45) is 0 Å². The number of aliphatic carboxylic acids is 1.